The van der Waals surface area contributed by atoms with Crippen molar-refractivity contribution in [2.45, 2.75) is 32.5 Å². The average molecular weight is 439 g/mol. The van der Waals surface area contributed by atoms with Crippen molar-refractivity contribution in [1.29, 1.82) is 0 Å². The van der Waals surface area contributed by atoms with Gasteiger partial charge in [0.2, 0.25) is 5.91 Å². The molecule has 2 N–H and O–H groups in total. The standard InChI is InChI=1S/C18H17BrF2N4O2/c1-9(12-4-3-11(20)7-14(12)21)23-17(26)10(2)25-8-13-15(24-18(25)27)5-6-22-16(13)19/h3-7,9-10H,8H2,1-2H3,(H,23,26)(H,24,27)/t9-,10-/m0/s1. The van der Waals surface area contributed by atoms with Crippen LogP contribution in [0.3, 0.4) is 0 Å². The number of pyridine rings is 1. The average Bonchev–Trinajstić information content (AvgIpc) is 2.60. The van der Waals surface area contributed by atoms with Crippen LogP contribution in [0, 0.1) is 11.6 Å². The highest BCUT2D eigenvalue weighted by molar-refractivity contribution is 9.10. The second kappa shape index (κ2) is 7.59. The van der Waals surface area contributed by atoms with Gasteiger partial charge in [0.05, 0.1) is 18.3 Å². The van der Waals surface area contributed by atoms with E-state index in [2.05, 4.69) is 31.5 Å². The number of benzene rings is 1. The van der Waals surface area contributed by atoms with E-state index in [9.17, 15) is 18.4 Å². The first-order valence-electron chi connectivity index (χ1n) is 8.24. The van der Waals surface area contributed by atoms with E-state index >= 15 is 0 Å². The SMILES string of the molecule is C[C@H](NC(=O)[C@H](C)N1Cc2c(ccnc2Br)NC1=O)c1ccc(F)cc1F. The maximum Gasteiger partial charge on any atom is 0.322 e. The van der Waals surface area contributed by atoms with E-state index in [-0.39, 0.29) is 12.1 Å². The molecule has 0 saturated carbocycles. The number of nitrogens with zero attached hydrogens (tertiary/aromatic N) is 2. The topological polar surface area (TPSA) is 74.3 Å². The van der Waals surface area contributed by atoms with Crippen LogP contribution in [0.1, 0.15) is 31.0 Å². The minimum Gasteiger partial charge on any atom is -0.348 e. The normalized spacial score (nSPS) is 15.6. The van der Waals surface area contributed by atoms with Crippen molar-refractivity contribution >= 4 is 33.6 Å². The summed E-state index contributed by atoms with van der Waals surface area (Å²) in [6.45, 7) is 3.37. The lowest BCUT2D eigenvalue weighted by molar-refractivity contribution is -0.125. The molecule has 2 heterocycles. The van der Waals surface area contributed by atoms with Crippen LogP contribution in [0.5, 0.6) is 0 Å². The molecule has 0 radical (unpaired) electrons. The van der Waals surface area contributed by atoms with Gasteiger partial charge in [0, 0.05) is 23.4 Å². The van der Waals surface area contributed by atoms with Crippen LogP contribution in [0.15, 0.2) is 35.1 Å². The van der Waals surface area contributed by atoms with Gasteiger partial charge in [-0.3, -0.25) is 4.79 Å². The molecule has 1 aromatic heterocycles. The number of aromatic nitrogens is 1. The van der Waals surface area contributed by atoms with Gasteiger partial charge in [0.1, 0.15) is 22.3 Å². The van der Waals surface area contributed by atoms with Crippen molar-refractivity contribution in [3.05, 3.63) is 57.8 Å². The Balaban J connectivity index is 1.73. The summed E-state index contributed by atoms with van der Waals surface area (Å²) >= 11 is 3.34. The lowest BCUT2D eigenvalue weighted by Gasteiger charge is -2.34. The fourth-order valence-electron chi connectivity index (χ4n) is 2.88. The molecular weight excluding hydrogens is 422 g/mol. The monoisotopic (exact) mass is 438 g/mol. The molecule has 1 aliphatic heterocycles. The Morgan fingerprint density at radius 1 is 1.33 bits per heavy atom. The molecule has 0 saturated heterocycles. The molecule has 0 bridgehead atoms. The van der Waals surface area contributed by atoms with Crippen molar-refractivity contribution in [2.24, 2.45) is 0 Å². The number of carbonyl (C=O) groups is 2. The molecule has 2 atom stereocenters. The molecule has 2 aromatic rings. The van der Waals surface area contributed by atoms with Crippen molar-refractivity contribution in [1.82, 2.24) is 15.2 Å². The van der Waals surface area contributed by atoms with Gasteiger partial charge in [-0.25, -0.2) is 18.6 Å². The number of rotatable bonds is 4. The molecule has 3 rings (SSSR count). The van der Waals surface area contributed by atoms with Crippen molar-refractivity contribution in [3.63, 3.8) is 0 Å². The summed E-state index contributed by atoms with van der Waals surface area (Å²) < 4.78 is 27.5. The molecule has 3 amide bonds. The summed E-state index contributed by atoms with van der Waals surface area (Å²) in [6, 6.07) is 2.95. The summed E-state index contributed by atoms with van der Waals surface area (Å²) in [5.74, 6) is -1.88. The van der Waals surface area contributed by atoms with E-state index in [1.807, 2.05) is 0 Å². The second-order valence-corrected chi connectivity index (χ2v) is 7.01. The minimum absolute atomic E-state index is 0.164. The number of amides is 3. The predicted octanol–water partition coefficient (Wildman–Crippen LogP) is 3.74. The Bertz CT molecular complexity index is 909. The molecule has 27 heavy (non-hydrogen) atoms. The van der Waals surface area contributed by atoms with Crippen LogP contribution in [-0.2, 0) is 11.3 Å². The van der Waals surface area contributed by atoms with Crippen LogP contribution < -0.4 is 10.6 Å². The molecule has 6 nitrogen and oxygen atoms in total. The predicted molar refractivity (Wildman–Crippen MR) is 98.9 cm³/mol. The molecule has 0 spiro atoms. The number of hydrogen-bond acceptors (Lipinski definition) is 3. The van der Waals surface area contributed by atoms with E-state index in [1.54, 1.807) is 26.1 Å². The zero-order valence-electron chi connectivity index (χ0n) is 14.6. The summed E-state index contributed by atoms with van der Waals surface area (Å²) in [6.07, 6.45) is 1.56. The number of urea groups is 1. The third-order valence-corrected chi connectivity index (χ3v) is 5.15. The van der Waals surface area contributed by atoms with E-state index in [4.69, 9.17) is 0 Å². The largest absolute Gasteiger partial charge is 0.348 e. The zero-order chi connectivity index (χ0) is 19.7. The smallest absolute Gasteiger partial charge is 0.322 e. The highest BCUT2D eigenvalue weighted by Crippen LogP contribution is 2.29. The molecule has 0 aliphatic carbocycles. The van der Waals surface area contributed by atoms with Gasteiger partial charge >= 0.3 is 6.03 Å². The lowest BCUT2D eigenvalue weighted by atomic mass is 10.1. The fourth-order valence-corrected chi connectivity index (χ4v) is 3.34. The van der Waals surface area contributed by atoms with Crippen LogP contribution in [-0.4, -0.2) is 27.9 Å². The van der Waals surface area contributed by atoms with Gasteiger partial charge in [-0.1, -0.05) is 6.07 Å². The molecule has 1 aliphatic rings. The van der Waals surface area contributed by atoms with Crippen LogP contribution >= 0.6 is 15.9 Å². The Morgan fingerprint density at radius 2 is 2.07 bits per heavy atom. The number of anilines is 1. The van der Waals surface area contributed by atoms with Crippen LogP contribution in [0.2, 0.25) is 0 Å². The maximum atomic E-state index is 13.9. The van der Waals surface area contributed by atoms with Crippen LogP contribution in [0.4, 0.5) is 19.3 Å². The molecule has 9 heteroatoms. The minimum atomic E-state index is -0.809. The first-order valence-corrected chi connectivity index (χ1v) is 9.03. The Morgan fingerprint density at radius 3 is 2.78 bits per heavy atom. The molecule has 1 aromatic carbocycles. The Kier molecular flexibility index (Phi) is 5.41. The van der Waals surface area contributed by atoms with Gasteiger partial charge in [0.15, 0.2) is 0 Å². The number of nitrogens with one attached hydrogen (secondary N) is 2. The van der Waals surface area contributed by atoms with Crippen molar-refractivity contribution in [2.75, 3.05) is 5.32 Å². The molecule has 0 unspecified atom stereocenters. The van der Waals surface area contributed by atoms with Gasteiger partial charge in [-0.15, -0.1) is 0 Å². The van der Waals surface area contributed by atoms with Gasteiger partial charge in [-0.2, -0.15) is 0 Å². The third-order valence-electron chi connectivity index (χ3n) is 4.47. The Labute approximate surface area is 163 Å². The maximum absolute atomic E-state index is 13.9. The number of halogens is 3. The Hall–Kier alpha value is -2.55. The van der Waals surface area contributed by atoms with Gasteiger partial charge in [0.25, 0.3) is 0 Å². The van der Waals surface area contributed by atoms with Crippen molar-refractivity contribution in [3.8, 4) is 0 Å². The van der Waals surface area contributed by atoms with E-state index < -0.39 is 35.7 Å². The first kappa shape index (κ1) is 19.2. The zero-order valence-corrected chi connectivity index (χ0v) is 16.2. The highest BCUT2D eigenvalue weighted by Gasteiger charge is 2.32. The number of fused-ring (bicyclic) bond motifs is 1. The molecular formula is C18H17BrF2N4O2. The summed E-state index contributed by atoms with van der Waals surface area (Å²) in [5.41, 5.74) is 1.55. The van der Waals surface area contributed by atoms with Gasteiger partial charge in [-0.05, 0) is 41.9 Å². The fraction of sp³-hybridized carbons (Fsp3) is 0.278. The summed E-state index contributed by atoms with van der Waals surface area (Å²) in [7, 11) is 0. The number of carbonyl (C=O) groups excluding carboxylic acids is 2. The summed E-state index contributed by atoms with van der Waals surface area (Å²) in [4.78, 5) is 30.4. The summed E-state index contributed by atoms with van der Waals surface area (Å²) in [5, 5.41) is 5.38. The quantitative estimate of drug-likeness (QED) is 0.714. The first-order chi connectivity index (χ1) is 12.8. The van der Waals surface area contributed by atoms with Gasteiger partial charge < -0.3 is 15.5 Å². The van der Waals surface area contributed by atoms with E-state index in [1.165, 1.54) is 11.0 Å². The van der Waals surface area contributed by atoms with Crippen LogP contribution in [0.25, 0.3) is 0 Å². The number of hydrogen-bond donors (Lipinski definition) is 2. The third kappa shape index (κ3) is 3.92. The molecule has 142 valence electrons. The lowest BCUT2D eigenvalue weighted by Crippen LogP contribution is -2.51. The second-order valence-electron chi connectivity index (χ2n) is 6.26. The van der Waals surface area contributed by atoms with E-state index in [0.717, 1.165) is 17.7 Å². The van der Waals surface area contributed by atoms with E-state index in [0.29, 0.717) is 10.3 Å². The molecule has 0 fully saturated rings. The highest BCUT2D eigenvalue weighted by atomic mass is 79.9. The van der Waals surface area contributed by atoms with Crippen molar-refractivity contribution < 1.29 is 18.4 Å².